The zero-order valence-electron chi connectivity index (χ0n) is 16.2. The average Bonchev–Trinajstić information content (AvgIpc) is 3.17. The molecule has 1 amide bonds. The van der Waals surface area contributed by atoms with Crippen molar-refractivity contribution in [1.29, 1.82) is 0 Å². The quantitative estimate of drug-likeness (QED) is 0.581. The molecule has 0 aromatic heterocycles. The van der Waals surface area contributed by atoms with Gasteiger partial charge in [0.25, 0.3) is 5.91 Å². The Morgan fingerprint density at radius 1 is 1.24 bits per heavy atom. The maximum Gasteiger partial charge on any atom is 0.259 e. The molecule has 150 valence electrons. The molecule has 0 saturated heterocycles. The van der Waals surface area contributed by atoms with Crippen LogP contribution in [-0.4, -0.2) is 48.8 Å². The van der Waals surface area contributed by atoms with Gasteiger partial charge in [0.1, 0.15) is 12.4 Å². The second kappa shape index (κ2) is 8.09. The molecule has 6 heteroatoms. The van der Waals surface area contributed by atoms with Crippen molar-refractivity contribution in [3.05, 3.63) is 72.3 Å². The number of nitrogens with zero attached hydrogens (tertiary/aromatic N) is 2. The van der Waals surface area contributed by atoms with Crippen LogP contribution in [0.5, 0.6) is 5.75 Å². The molecule has 2 aromatic carbocycles. The van der Waals surface area contributed by atoms with Crippen molar-refractivity contribution < 1.29 is 19.4 Å². The Bertz CT molecular complexity index is 938. The van der Waals surface area contributed by atoms with Gasteiger partial charge in [0, 0.05) is 37.2 Å². The molecule has 0 radical (unpaired) electrons. The lowest BCUT2D eigenvalue weighted by Crippen LogP contribution is -2.54. The first-order valence-corrected chi connectivity index (χ1v) is 9.74. The van der Waals surface area contributed by atoms with E-state index in [4.69, 9.17) is 19.6 Å². The SMILES string of the molecule is C=CCN1C(=O)[C@]2(COC(c3ccc(OCCCO)cc3)=N2)Cc2ccccc21. The highest BCUT2D eigenvalue weighted by Crippen LogP contribution is 2.38. The minimum atomic E-state index is -0.941. The molecule has 2 aromatic rings. The summed E-state index contributed by atoms with van der Waals surface area (Å²) in [5.41, 5.74) is 1.85. The zero-order chi connectivity index (χ0) is 20.3. The molecule has 2 aliphatic rings. The van der Waals surface area contributed by atoms with Gasteiger partial charge >= 0.3 is 0 Å². The van der Waals surface area contributed by atoms with Gasteiger partial charge in [-0.05, 0) is 35.9 Å². The Morgan fingerprint density at radius 2 is 2.03 bits per heavy atom. The number of benzene rings is 2. The number of fused-ring (bicyclic) bond motifs is 1. The molecule has 0 unspecified atom stereocenters. The van der Waals surface area contributed by atoms with Gasteiger partial charge in [-0.15, -0.1) is 6.58 Å². The second-order valence-electron chi connectivity index (χ2n) is 7.20. The molecular weight excluding hydrogens is 368 g/mol. The Hall–Kier alpha value is -3.12. The van der Waals surface area contributed by atoms with E-state index in [1.807, 2.05) is 48.5 Å². The first-order valence-electron chi connectivity index (χ1n) is 9.74. The summed E-state index contributed by atoms with van der Waals surface area (Å²) >= 11 is 0. The first-order chi connectivity index (χ1) is 14.2. The van der Waals surface area contributed by atoms with E-state index in [9.17, 15) is 4.79 Å². The molecule has 2 aliphatic heterocycles. The van der Waals surface area contributed by atoms with E-state index < -0.39 is 5.54 Å². The van der Waals surface area contributed by atoms with Crippen molar-refractivity contribution in [2.24, 2.45) is 4.99 Å². The summed E-state index contributed by atoms with van der Waals surface area (Å²) < 4.78 is 11.4. The molecule has 1 N–H and O–H groups in total. The highest BCUT2D eigenvalue weighted by molar-refractivity contribution is 6.07. The van der Waals surface area contributed by atoms with Crippen LogP contribution >= 0.6 is 0 Å². The molecule has 0 bridgehead atoms. The normalized spacial score (nSPS) is 20.2. The predicted molar refractivity (Wildman–Crippen MR) is 112 cm³/mol. The number of hydrogen-bond donors (Lipinski definition) is 1. The minimum Gasteiger partial charge on any atom is -0.494 e. The maximum atomic E-state index is 13.3. The van der Waals surface area contributed by atoms with Gasteiger partial charge in [0.05, 0.1) is 6.61 Å². The summed E-state index contributed by atoms with van der Waals surface area (Å²) in [5.74, 6) is 1.13. The van der Waals surface area contributed by atoms with Crippen molar-refractivity contribution in [2.45, 2.75) is 18.4 Å². The van der Waals surface area contributed by atoms with E-state index in [1.165, 1.54) is 0 Å². The fraction of sp³-hybridized carbons (Fsp3) is 0.304. The number of carbonyl (C=O) groups is 1. The molecule has 0 aliphatic carbocycles. The smallest absolute Gasteiger partial charge is 0.259 e. The summed E-state index contributed by atoms with van der Waals surface area (Å²) in [6.45, 7) is 5.00. The molecule has 1 spiro atoms. The highest BCUT2D eigenvalue weighted by Gasteiger charge is 2.50. The topological polar surface area (TPSA) is 71.4 Å². The van der Waals surface area contributed by atoms with Crippen LogP contribution in [0.15, 0.2) is 66.2 Å². The van der Waals surface area contributed by atoms with Gasteiger partial charge in [0.15, 0.2) is 5.54 Å². The van der Waals surface area contributed by atoms with E-state index in [0.29, 0.717) is 31.9 Å². The fourth-order valence-corrected chi connectivity index (χ4v) is 3.73. The van der Waals surface area contributed by atoms with Crippen molar-refractivity contribution in [3.8, 4) is 5.75 Å². The summed E-state index contributed by atoms with van der Waals surface area (Å²) in [5, 5.41) is 8.84. The number of aliphatic hydroxyl groups is 1. The van der Waals surface area contributed by atoms with Crippen molar-refractivity contribution in [1.82, 2.24) is 0 Å². The molecular formula is C23H24N2O4. The number of amides is 1. The van der Waals surface area contributed by atoms with Gasteiger partial charge in [-0.2, -0.15) is 0 Å². The molecule has 29 heavy (non-hydrogen) atoms. The van der Waals surface area contributed by atoms with Gasteiger partial charge in [-0.25, -0.2) is 4.99 Å². The summed E-state index contributed by atoms with van der Waals surface area (Å²) in [7, 11) is 0. The first kappa shape index (κ1) is 19.2. The Kier molecular flexibility index (Phi) is 5.36. The third kappa shape index (κ3) is 3.63. The van der Waals surface area contributed by atoms with E-state index in [-0.39, 0.29) is 19.1 Å². The second-order valence-corrected chi connectivity index (χ2v) is 7.20. The monoisotopic (exact) mass is 392 g/mol. The van der Waals surface area contributed by atoms with Gasteiger partial charge in [0.2, 0.25) is 5.90 Å². The predicted octanol–water partition coefficient (Wildman–Crippen LogP) is 2.74. The average molecular weight is 392 g/mol. The lowest BCUT2D eigenvalue weighted by atomic mass is 9.86. The third-order valence-corrected chi connectivity index (χ3v) is 5.16. The summed E-state index contributed by atoms with van der Waals surface area (Å²) in [6, 6.07) is 15.3. The number of ether oxygens (including phenoxy) is 2. The number of para-hydroxylation sites is 1. The number of carbonyl (C=O) groups excluding carboxylic acids is 1. The third-order valence-electron chi connectivity index (χ3n) is 5.16. The number of anilines is 1. The van der Waals surface area contributed by atoms with Crippen molar-refractivity contribution in [2.75, 3.05) is 31.3 Å². The van der Waals surface area contributed by atoms with Crippen LogP contribution < -0.4 is 9.64 Å². The molecule has 0 fully saturated rings. The van der Waals surface area contributed by atoms with Crippen LogP contribution in [0.1, 0.15) is 17.5 Å². The summed E-state index contributed by atoms with van der Waals surface area (Å²) in [4.78, 5) is 19.8. The number of rotatable bonds is 7. The van der Waals surface area contributed by atoms with Gasteiger partial charge in [-0.3, -0.25) is 4.79 Å². The van der Waals surface area contributed by atoms with Gasteiger partial charge < -0.3 is 19.5 Å². The van der Waals surface area contributed by atoms with Crippen LogP contribution in [0.25, 0.3) is 0 Å². The lowest BCUT2D eigenvalue weighted by molar-refractivity contribution is -0.124. The van der Waals surface area contributed by atoms with Crippen LogP contribution in [0.3, 0.4) is 0 Å². The van der Waals surface area contributed by atoms with Crippen molar-refractivity contribution >= 4 is 17.5 Å². The molecule has 0 saturated carbocycles. The number of hydrogen-bond acceptors (Lipinski definition) is 5. The van der Waals surface area contributed by atoms with E-state index in [1.54, 1.807) is 11.0 Å². The van der Waals surface area contributed by atoms with Crippen LogP contribution in [0, 0.1) is 0 Å². The number of aliphatic imine (C=N–C) groups is 1. The molecule has 1 atom stereocenters. The fourth-order valence-electron chi connectivity index (χ4n) is 3.73. The van der Waals surface area contributed by atoms with Crippen LogP contribution in [-0.2, 0) is 16.0 Å². The maximum absolute atomic E-state index is 13.3. The van der Waals surface area contributed by atoms with Gasteiger partial charge in [-0.1, -0.05) is 24.3 Å². The molecule has 4 rings (SSSR count). The largest absolute Gasteiger partial charge is 0.494 e. The zero-order valence-corrected chi connectivity index (χ0v) is 16.2. The van der Waals surface area contributed by atoms with Crippen LogP contribution in [0.2, 0.25) is 0 Å². The van der Waals surface area contributed by atoms with E-state index in [0.717, 1.165) is 22.6 Å². The minimum absolute atomic E-state index is 0.0601. The Balaban J connectivity index is 1.60. The molecule has 6 nitrogen and oxygen atoms in total. The Labute approximate surface area is 170 Å². The molecule has 2 heterocycles. The Morgan fingerprint density at radius 3 is 2.79 bits per heavy atom. The summed E-state index contributed by atoms with van der Waals surface area (Å²) in [6.07, 6.45) is 2.83. The number of aliphatic hydroxyl groups excluding tert-OH is 1. The van der Waals surface area contributed by atoms with E-state index >= 15 is 0 Å². The van der Waals surface area contributed by atoms with E-state index in [2.05, 4.69) is 6.58 Å². The van der Waals surface area contributed by atoms with Crippen LogP contribution in [0.4, 0.5) is 5.69 Å². The highest BCUT2D eigenvalue weighted by atomic mass is 16.5. The van der Waals surface area contributed by atoms with Crippen molar-refractivity contribution in [3.63, 3.8) is 0 Å². The lowest BCUT2D eigenvalue weighted by Gasteiger charge is -2.37. The standard InChI is InChI=1S/C23H24N2O4/c1-2-12-25-20-7-4-3-6-18(20)15-23(22(25)27)16-29-21(24-23)17-8-10-19(11-9-17)28-14-5-13-26/h2-4,6-11,26H,1,5,12-16H2/t23-/m1/s1.